The summed E-state index contributed by atoms with van der Waals surface area (Å²) in [5.74, 6) is 0.838. The third-order valence-electron chi connectivity index (χ3n) is 5.20. The highest BCUT2D eigenvalue weighted by molar-refractivity contribution is 5.83. The fraction of sp³-hybridized carbons (Fsp3) is 0.160. The van der Waals surface area contributed by atoms with E-state index >= 15 is 0 Å². The van der Waals surface area contributed by atoms with Gasteiger partial charge in [-0.05, 0) is 41.5 Å². The number of amides is 1. The van der Waals surface area contributed by atoms with Crippen LogP contribution in [0.15, 0.2) is 95.6 Å². The van der Waals surface area contributed by atoms with Crippen LogP contribution in [0, 0.1) is 0 Å². The van der Waals surface area contributed by atoms with E-state index in [0.717, 1.165) is 16.9 Å². The van der Waals surface area contributed by atoms with E-state index in [1.165, 1.54) is 10.8 Å². The molecule has 0 spiro atoms. The van der Waals surface area contributed by atoms with Crippen molar-refractivity contribution in [3.8, 4) is 0 Å². The topological polar surface area (TPSA) is 58.9 Å². The first-order chi connectivity index (χ1) is 14.2. The minimum Gasteiger partial charge on any atom is -0.463 e. The molecular weight excluding hydrogens is 360 g/mol. The molecule has 29 heavy (non-hydrogen) atoms. The van der Waals surface area contributed by atoms with Gasteiger partial charge in [-0.2, -0.15) is 0 Å². The highest BCUT2D eigenvalue weighted by atomic mass is 16.3. The van der Waals surface area contributed by atoms with Gasteiger partial charge in [-0.1, -0.05) is 66.7 Å². The molecule has 146 valence electrons. The summed E-state index contributed by atoms with van der Waals surface area (Å²) in [6.45, 7) is 2.33. The van der Waals surface area contributed by atoms with Gasteiger partial charge in [0.15, 0.2) is 18.3 Å². The number of nitrogens with two attached hydrogens (primary N) is 1. The van der Waals surface area contributed by atoms with Crippen LogP contribution in [0.5, 0.6) is 0 Å². The van der Waals surface area contributed by atoms with Crippen molar-refractivity contribution in [2.45, 2.75) is 19.0 Å². The summed E-state index contributed by atoms with van der Waals surface area (Å²) in [6, 6.07) is 28.4. The first-order valence-corrected chi connectivity index (χ1v) is 9.90. The predicted octanol–water partition coefficient (Wildman–Crippen LogP) is 3.96. The summed E-state index contributed by atoms with van der Waals surface area (Å²) in [5.41, 5.74) is 2.21. The molecule has 0 fully saturated rings. The second-order valence-electron chi connectivity index (χ2n) is 7.24. The molecule has 1 heterocycles. The number of hydrogen-bond acceptors (Lipinski definition) is 2. The molecule has 2 atom stereocenters. The highest BCUT2D eigenvalue weighted by Gasteiger charge is 2.22. The van der Waals surface area contributed by atoms with E-state index in [1.54, 1.807) is 6.26 Å². The summed E-state index contributed by atoms with van der Waals surface area (Å²) in [7, 11) is 0. The van der Waals surface area contributed by atoms with Crippen LogP contribution in [0.1, 0.15) is 35.9 Å². The zero-order valence-electron chi connectivity index (χ0n) is 16.4. The average Bonchev–Trinajstić information content (AvgIpc) is 3.29. The van der Waals surface area contributed by atoms with Gasteiger partial charge >= 0.3 is 0 Å². The summed E-state index contributed by atoms with van der Waals surface area (Å²) < 4.78 is 5.61. The quantitative estimate of drug-likeness (QED) is 0.506. The van der Waals surface area contributed by atoms with Crippen LogP contribution in [-0.2, 0) is 4.79 Å². The van der Waals surface area contributed by atoms with Crippen molar-refractivity contribution < 1.29 is 14.5 Å². The van der Waals surface area contributed by atoms with Crippen molar-refractivity contribution in [1.82, 2.24) is 5.32 Å². The molecule has 4 nitrogen and oxygen atoms in total. The largest absolute Gasteiger partial charge is 0.463 e. The Labute approximate surface area is 170 Å². The van der Waals surface area contributed by atoms with E-state index in [9.17, 15) is 4.79 Å². The predicted molar refractivity (Wildman–Crippen MR) is 114 cm³/mol. The summed E-state index contributed by atoms with van der Waals surface area (Å²) in [6.07, 6.45) is 1.67. The normalized spacial score (nSPS) is 13.1. The molecule has 0 aliphatic carbocycles. The van der Waals surface area contributed by atoms with E-state index in [2.05, 4.69) is 47.8 Å². The van der Waals surface area contributed by atoms with Crippen molar-refractivity contribution in [1.29, 1.82) is 0 Å². The molecule has 3 aromatic carbocycles. The van der Waals surface area contributed by atoms with E-state index in [1.807, 2.05) is 54.7 Å². The maximum atomic E-state index is 12.6. The van der Waals surface area contributed by atoms with Crippen LogP contribution in [0.2, 0.25) is 0 Å². The number of hydrogen-bond donors (Lipinski definition) is 2. The zero-order valence-corrected chi connectivity index (χ0v) is 16.4. The highest BCUT2D eigenvalue weighted by Crippen LogP contribution is 2.20. The zero-order chi connectivity index (χ0) is 20.1. The van der Waals surface area contributed by atoms with Crippen molar-refractivity contribution in [2.24, 2.45) is 0 Å². The molecular formula is C25H25N2O2+. The van der Waals surface area contributed by atoms with Crippen molar-refractivity contribution in [3.05, 3.63) is 108 Å². The smallest absolute Gasteiger partial charge is 0.275 e. The lowest BCUT2D eigenvalue weighted by atomic mass is 10.0. The molecule has 0 saturated carbocycles. The van der Waals surface area contributed by atoms with Gasteiger partial charge in [0.1, 0.15) is 0 Å². The monoisotopic (exact) mass is 385 g/mol. The van der Waals surface area contributed by atoms with Crippen LogP contribution in [0.25, 0.3) is 10.8 Å². The fourth-order valence-electron chi connectivity index (χ4n) is 3.63. The van der Waals surface area contributed by atoms with Crippen molar-refractivity contribution in [3.63, 3.8) is 0 Å². The van der Waals surface area contributed by atoms with Gasteiger partial charge in [-0.15, -0.1) is 0 Å². The minimum absolute atomic E-state index is 0.00172. The van der Waals surface area contributed by atoms with Gasteiger partial charge in [-0.25, -0.2) is 0 Å². The minimum atomic E-state index is -0.0562. The van der Waals surface area contributed by atoms with Crippen LogP contribution in [0.4, 0.5) is 0 Å². The maximum absolute atomic E-state index is 12.6. The molecule has 4 aromatic rings. The molecule has 0 radical (unpaired) electrons. The number of nitrogens with one attached hydrogen (secondary N) is 1. The molecule has 1 aromatic heterocycles. The van der Waals surface area contributed by atoms with Crippen LogP contribution in [0.3, 0.4) is 0 Å². The second kappa shape index (κ2) is 8.76. The molecule has 1 amide bonds. The van der Waals surface area contributed by atoms with E-state index < -0.39 is 0 Å². The molecule has 0 bridgehead atoms. The Morgan fingerprint density at radius 3 is 2.41 bits per heavy atom. The average molecular weight is 385 g/mol. The fourth-order valence-corrected chi connectivity index (χ4v) is 3.63. The van der Waals surface area contributed by atoms with Crippen LogP contribution in [-0.4, -0.2) is 12.5 Å². The van der Waals surface area contributed by atoms with Gasteiger partial charge in [0, 0.05) is 5.56 Å². The molecule has 0 saturated heterocycles. The van der Waals surface area contributed by atoms with Crippen LogP contribution >= 0.6 is 0 Å². The molecule has 3 N–H and O–H groups in total. The second-order valence-corrected chi connectivity index (χ2v) is 7.24. The first kappa shape index (κ1) is 19.0. The number of quaternary nitrogens is 1. The Balaban J connectivity index is 1.41. The van der Waals surface area contributed by atoms with Gasteiger partial charge in [0.25, 0.3) is 5.91 Å². The number of rotatable bonds is 7. The Kier molecular flexibility index (Phi) is 5.73. The van der Waals surface area contributed by atoms with E-state index in [4.69, 9.17) is 4.42 Å². The molecule has 0 aliphatic rings. The van der Waals surface area contributed by atoms with Crippen molar-refractivity contribution in [2.75, 3.05) is 6.54 Å². The third kappa shape index (κ3) is 4.55. The van der Waals surface area contributed by atoms with E-state index in [-0.39, 0.29) is 18.0 Å². The number of fused-ring (bicyclic) bond motifs is 1. The summed E-state index contributed by atoms with van der Waals surface area (Å²) in [5, 5.41) is 7.50. The van der Waals surface area contributed by atoms with Gasteiger partial charge in [0.05, 0.1) is 12.3 Å². The summed E-state index contributed by atoms with van der Waals surface area (Å²) >= 11 is 0. The standard InChI is InChI=1S/C25H24N2O2/c1-18(21-14-13-19-8-5-6-11-22(19)16-21)27-24(28)17-26-25(23-12-7-15-29-23)20-9-3-2-4-10-20/h2-16,18,25-26H,17H2,1H3,(H,27,28)/p+1/t18-,25-/m0/s1. The first-order valence-electron chi connectivity index (χ1n) is 9.90. The van der Waals surface area contributed by atoms with Gasteiger partial charge in [-0.3, -0.25) is 4.79 Å². The molecule has 4 rings (SSSR count). The summed E-state index contributed by atoms with van der Waals surface area (Å²) in [4.78, 5) is 12.6. The lowest BCUT2D eigenvalue weighted by Crippen LogP contribution is -2.87. The Morgan fingerprint density at radius 1 is 0.897 bits per heavy atom. The molecule has 0 aliphatic heterocycles. The SMILES string of the molecule is C[C@H](NC(=O)C[NH2+][C@@H](c1ccccc1)c1ccco1)c1ccc2ccccc2c1. The number of benzene rings is 3. The lowest BCUT2D eigenvalue weighted by Gasteiger charge is -2.17. The van der Waals surface area contributed by atoms with Gasteiger partial charge in [0.2, 0.25) is 0 Å². The molecule has 4 heteroatoms. The third-order valence-corrected chi connectivity index (χ3v) is 5.20. The molecule has 0 unspecified atom stereocenters. The van der Waals surface area contributed by atoms with Gasteiger partial charge < -0.3 is 15.1 Å². The van der Waals surface area contributed by atoms with E-state index in [0.29, 0.717) is 6.54 Å². The Bertz CT molecular complexity index is 1070. The Hall–Kier alpha value is -3.37. The number of furan rings is 1. The Morgan fingerprint density at radius 2 is 1.66 bits per heavy atom. The number of carbonyl (C=O) groups is 1. The maximum Gasteiger partial charge on any atom is 0.275 e. The van der Waals surface area contributed by atoms with Crippen LogP contribution < -0.4 is 10.6 Å². The van der Waals surface area contributed by atoms with Crippen molar-refractivity contribution >= 4 is 16.7 Å². The number of carbonyl (C=O) groups excluding carboxylic acids is 1. The lowest BCUT2D eigenvalue weighted by molar-refractivity contribution is -0.678.